The van der Waals surface area contributed by atoms with Crippen LogP contribution in [0.5, 0.6) is 0 Å². The van der Waals surface area contributed by atoms with Crippen molar-refractivity contribution in [3.05, 3.63) is 0 Å². The second kappa shape index (κ2) is 4.94. The van der Waals surface area contributed by atoms with Gasteiger partial charge in [0.1, 0.15) is 0 Å². The highest BCUT2D eigenvalue weighted by Crippen LogP contribution is 2.17. The predicted molar refractivity (Wildman–Crippen MR) is 59.4 cm³/mol. The highest BCUT2D eigenvalue weighted by Gasteiger charge is 2.27. The molecule has 1 aliphatic heterocycles. The molecule has 0 unspecified atom stereocenters. The molecule has 1 heterocycles. The molecule has 0 aliphatic carbocycles. The van der Waals surface area contributed by atoms with Crippen LogP contribution in [0.1, 0.15) is 27.2 Å². The molecule has 2 atom stereocenters. The minimum Gasteiger partial charge on any atom is -0.465 e. The molecule has 0 amide bonds. The maximum absolute atomic E-state index is 11.5. The number of hydrogen-bond acceptors (Lipinski definition) is 4. The lowest BCUT2D eigenvalue weighted by Crippen LogP contribution is -2.47. The lowest BCUT2D eigenvalue weighted by atomic mass is 9.94. The summed E-state index contributed by atoms with van der Waals surface area (Å²) in [5, 5.41) is 3.26. The van der Waals surface area contributed by atoms with E-state index in [0.29, 0.717) is 6.61 Å². The number of rotatable bonds is 2. The van der Waals surface area contributed by atoms with E-state index in [4.69, 9.17) is 10.5 Å². The van der Waals surface area contributed by atoms with Gasteiger partial charge < -0.3 is 15.8 Å². The Morgan fingerprint density at radius 2 is 2.20 bits per heavy atom. The van der Waals surface area contributed by atoms with Crippen LogP contribution in [0, 0.1) is 11.3 Å². The van der Waals surface area contributed by atoms with Gasteiger partial charge in [-0.1, -0.05) is 0 Å². The van der Waals surface area contributed by atoms with E-state index in [1.807, 2.05) is 20.8 Å². The molecule has 3 N–H and O–H groups in total. The van der Waals surface area contributed by atoms with Crippen LogP contribution in [0.25, 0.3) is 0 Å². The van der Waals surface area contributed by atoms with Crippen molar-refractivity contribution in [3.8, 4) is 0 Å². The SMILES string of the molecule is CC(C)(C)C(=O)OC[C@@H]1CNCC[C@@H]1N. The van der Waals surface area contributed by atoms with E-state index in [1.54, 1.807) is 0 Å². The predicted octanol–water partition coefficient (Wildman–Crippen LogP) is 0.513. The monoisotopic (exact) mass is 214 g/mol. The van der Waals surface area contributed by atoms with Crippen molar-refractivity contribution in [1.29, 1.82) is 0 Å². The fourth-order valence-electron chi connectivity index (χ4n) is 1.53. The van der Waals surface area contributed by atoms with Gasteiger partial charge in [0.2, 0.25) is 0 Å². The summed E-state index contributed by atoms with van der Waals surface area (Å²) in [7, 11) is 0. The number of carbonyl (C=O) groups is 1. The zero-order valence-electron chi connectivity index (χ0n) is 9.88. The van der Waals surface area contributed by atoms with Crippen LogP contribution in [0.3, 0.4) is 0 Å². The average molecular weight is 214 g/mol. The van der Waals surface area contributed by atoms with E-state index in [2.05, 4.69) is 5.32 Å². The maximum atomic E-state index is 11.5. The van der Waals surface area contributed by atoms with E-state index < -0.39 is 5.41 Å². The first-order valence-corrected chi connectivity index (χ1v) is 5.55. The maximum Gasteiger partial charge on any atom is 0.311 e. The van der Waals surface area contributed by atoms with Crippen LogP contribution in [0.2, 0.25) is 0 Å². The van der Waals surface area contributed by atoms with Crippen molar-refractivity contribution in [1.82, 2.24) is 5.32 Å². The zero-order valence-corrected chi connectivity index (χ0v) is 9.88. The summed E-state index contributed by atoms with van der Waals surface area (Å²) in [4.78, 5) is 11.5. The van der Waals surface area contributed by atoms with Gasteiger partial charge in [0.25, 0.3) is 0 Å². The van der Waals surface area contributed by atoms with Gasteiger partial charge >= 0.3 is 5.97 Å². The quantitative estimate of drug-likeness (QED) is 0.657. The lowest BCUT2D eigenvalue weighted by Gasteiger charge is -2.29. The Balaban J connectivity index is 2.33. The first kappa shape index (κ1) is 12.5. The molecule has 1 rings (SSSR count). The standard InChI is InChI=1S/C11H22N2O2/c1-11(2,3)10(14)15-7-8-6-13-5-4-9(8)12/h8-9,13H,4-7,12H2,1-3H3/t8-,9-/m0/s1. The topological polar surface area (TPSA) is 64.3 Å². The van der Waals surface area contributed by atoms with Gasteiger partial charge in [0, 0.05) is 18.5 Å². The van der Waals surface area contributed by atoms with Gasteiger partial charge in [-0.15, -0.1) is 0 Å². The first-order valence-electron chi connectivity index (χ1n) is 5.55. The van der Waals surface area contributed by atoms with Crippen molar-refractivity contribution in [2.24, 2.45) is 17.1 Å². The lowest BCUT2D eigenvalue weighted by molar-refractivity contribution is -0.154. The first-order chi connectivity index (χ1) is 6.91. The number of carbonyl (C=O) groups excluding carboxylic acids is 1. The second-order valence-electron chi connectivity index (χ2n) is 5.27. The molecule has 1 fully saturated rings. The molecular formula is C11H22N2O2. The molecule has 4 heteroatoms. The third-order valence-corrected chi connectivity index (χ3v) is 2.71. The van der Waals surface area contributed by atoms with Gasteiger partial charge in [-0.25, -0.2) is 0 Å². The zero-order chi connectivity index (χ0) is 11.5. The van der Waals surface area contributed by atoms with E-state index in [9.17, 15) is 4.79 Å². The fourth-order valence-corrected chi connectivity index (χ4v) is 1.53. The molecule has 0 aromatic carbocycles. The summed E-state index contributed by atoms with van der Waals surface area (Å²) < 4.78 is 5.26. The van der Waals surface area contributed by atoms with Crippen LogP contribution in [-0.4, -0.2) is 31.7 Å². The summed E-state index contributed by atoms with van der Waals surface area (Å²) in [6.07, 6.45) is 0.956. The molecule has 15 heavy (non-hydrogen) atoms. The van der Waals surface area contributed by atoms with Crippen molar-refractivity contribution >= 4 is 5.97 Å². The van der Waals surface area contributed by atoms with Crippen molar-refractivity contribution in [2.45, 2.75) is 33.2 Å². The van der Waals surface area contributed by atoms with Crippen molar-refractivity contribution in [3.63, 3.8) is 0 Å². The number of nitrogens with two attached hydrogens (primary N) is 1. The Labute approximate surface area is 91.5 Å². The smallest absolute Gasteiger partial charge is 0.311 e. The Kier molecular flexibility index (Phi) is 4.11. The molecule has 0 aromatic heterocycles. The third kappa shape index (κ3) is 3.80. The molecule has 1 saturated heterocycles. The molecule has 0 bridgehead atoms. The second-order valence-corrected chi connectivity index (χ2v) is 5.27. The summed E-state index contributed by atoms with van der Waals surface area (Å²) in [6.45, 7) is 7.81. The van der Waals surface area contributed by atoms with Crippen LogP contribution >= 0.6 is 0 Å². The van der Waals surface area contributed by atoms with Crippen LogP contribution in [0.15, 0.2) is 0 Å². The van der Waals surface area contributed by atoms with Gasteiger partial charge in [-0.3, -0.25) is 4.79 Å². The van der Waals surface area contributed by atoms with E-state index in [0.717, 1.165) is 19.5 Å². The molecule has 0 spiro atoms. The summed E-state index contributed by atoms with van der Waals surface area (Å²) in [6, 6.07) is 0.152. The number of esters is 1. The van der Waals surface area contributed by atoms with E-state index in [1.165, 1.54) is 0 Å². The number of nitrogens with one attached hydrogen (secondary N) is 1. The molecule has 4 nitrogen and oxygen atoms in total. The molecule has 0 aromatic rings. The molecule has 1 aliphatic rings. The van der Waals surface area contributed by atoms with Gasteiger partial charge in [-0.05, 0) is 33.7 Å². The fraction of sp³-hybridized carbons (Fsp3) is 0.909. The number of ether oxygens (including phenoxy) is 1. The molecule has 0 radical (unpaired) electrons. The minimum absolute atomic E-state index is 0.152. The van der Waals surface area contributed by atoms with Gasteiger partial charge in [0.05, 0.1) is 12.0 Å². The Morgan fingerprint density at radius 3 is 2.73 bits per heavy atom. The highest BCUT2D eigenvalue weighted by molar-refractivity contribution is 5.75. The highest BCUT2D eigenvalue weighted by atomic mass is 16.5. The largest absolute Gasteiger partial charge is 0.465 e. The van der Waals surface area contributed by atoms with E-state index >= 15 is 0 Å². The van der Waals surface area contributed by atoms with Gasteiger partial charge in [0.15, 0.2) is 0 Å². The number of hydrogen-bond donors (Lipinski definition) is 2. The summed E-state index contributed by atoms with van der Waals surface area (Å²) >= 11 is 0. The Morgan fingerprint density at radius 1 is 1.53 bits per heavy atom. The summed E-state index contributed by atoms with van der Waals surface area (Å²) in [5.41, 5.74) is 5.52. The molecular weight excluding hydrogens is 192 g/mol. The van der Waals surface area contributed by atoms with Crippen LogP contribution < -0.4 is 11.1 Å². The van der Waals surface area contributed by atoms with Crippen molar-refractivity contribution in [2.75, 3.05) is 19.7 Å². The minimum atomic E-state index is -0.424. The molecule has 88 valence electrons. The Hall–Kier alpha value is -0.610. The Bertz CT molecular complexity index is 223. The average Bonchev–Trinajstić information content (AvgIpc) is 2.14. The third-order valence-electron chi connectivity index (χ3n) is 2.71. The normalized spacial score (nSPS) is 27.5. The van der Waals surface area contributed by atoms with E-state index in [-0.39, 0.29) is 17.9 Å². The number of piperidine rings is 1. The van der Waals surface area contributed by atoms with Crippen LogP contribution in [-0.2, 0) is 9.53 Å². The van der Waals surface area contributed by atoms with Gasteiger partial charge in [-0.2, -0.15) is 0 Å². The summed E-state index contributed by atoms with van der Waals surface area (Å²) in [5.74, 6) is 0.102. The van der Waals surface area contributed by atoms with Crippen LogP contribution in [0.4, 0.5) is 0 Å². The van der Waals surface area contributed by atoms with Crippen molar-refractivity contribution < 1.29 is 9.53 Å². The molecule has 0 saturated carbocycles.